The molecule has 2 rings (SSSR count). The highest BCUT2D eigenvalue weighted by Crippen LogP contribution is 2.16. The number of amides is 1. The molecule has 0 saturated heterocycles. The SMILES string of the molecule is CCc1ccc(C(C)N/C=C(/C#N)C(=O)Nc2ccccc2C#N)cc1. The number of para-hydroxylation sites is 1. The van der Waals surface area contributed by atoms with Gasteiger partial charge in [-0.25, -0.2) is 0 Å². The summed E-state index contributed by atoms with van der Waals surface area (Å²) in [6, 6.07) is 18.7. The normalized spacial score (nSPS) is 11.8. The Morgan fingerprint density at radius 3 is 2.46 bits per heavy atom. The third-order valence-corrected chi connectivity index (χ3v) is 4.03. The van der Waals surface area contributed by atoms with Crippen molar-refractivity contribution in [1.82, 2.24) is 5.32 Å². The van der Waals surface area contributed by atoms with E-state index < -0.39 is 5.91 Å². The van der Waals surface area contributed by atoms with E-state index in [2.05, 4.69) is 29.7 Å². The standard InChI is InChI=1S/C21H20N4O/c1-3-16-8-10-17(11-9-16)15(2)24-14-19(13-23)21(26)25-20-7-5-4-6-18(20)12-22/h4-11,14-15,24H,3H2,1-2H3,(H,25,26)/b19-14-. The van der Waals surface area contributed by atoms with Crippen LogP contribution in [0.4, 0.5) is 5.69 Å². The Bertz CT molecular complexity index is 885. The highest BCUT2D eigenvalue weighted by Gasteiger charge is 2.12. The van der Waals surface area contributed by atoms with E-state index in [-0.39, 0.29) is 11.6 Å². The molecule has 0 saturated carbocycles. The van der Waals surface area contributed by atoms with Gasteiger partial charge in [0.15, 0.2) is 0 Å². The Morgan fingerprint density at radius 2 is 1.85 bits per heavy atom. The van der Waals surface area contributed by atoms with Gasteiger partial charge < -0.3 is 10.6 Å². The van der Waals surface area contributed by atoms with Crippen molar-refractivity contribution < 1.29 is 4.79 Å². The first kappa shape index (κ1) is 18.8. The number of aryl methyl sites for hydroxylation is 1. The molecule has 0 heterocycles. The minimum atomic E-state index is -0.559. The summed E-state index contributed by atoms with van der Waals surface area (Å²) in [5.41, 5.74) is 2.98. The number of nitriles is 2. The van der Waals surface area contributed by atoms with Gasteiger partial charge in [0.25, 0.3) is 5.91 Å². The molecule has 1 amide bonds. The summed E-state index contributed by atoms with van der Waals surface area (Å²) >= 11 is 0. The predicted octanol–water partition coefficient (Wildman–Crippen LogP) is 3.82. The Morgan fingerprint density at radius 1 is 1.15 bits per heavy atom. The zero-order valence-electron chi connectivity index (χ0n) is 14.8. The first-order valence-corrected chi connectivity index (χ1v) is 8.34. The first-order chi connectivity index (χ1) is 12.6. The van der Waals surface area contributed by atoms with Crippen molar-refractivity contribution in [2.75, 3.05) is 5.32 Å². The molecule has 26 heavy (non-hydrogen) atoms. The van der Waals surface area contributed by atoms with Gasteiger partial charge in [0.1, 0.15) is 17.7 Å². The fourth-order valence-corrected chi connectivity index (χ4v) is 2.37. The molecule has 0 aliphatic heterocycles. The molecule has 2 aromatic rings. The molecule has 2 N–H and O–H groups in total. The summed E-state index contributed by atoms with van der Waals surface area (Å²) in [5, 5.41) is 24.0. The lowest BCUT2D eigenvalue weighted by molar-refractivity contribution is -0.112. The molecular formula is C21H20N4O. The van der Waals surface area contributed by atoms with E-state index in [0.29, 0.717) is 11.3 Å². The fourth-order valence-electron chi connectivity index (χ4n) is 2.37. The summed E-state index contributed by atoms with van der Waals surface area (Å²) in [5.74, 6) is -0.559. The Hall–Kier alpha value is -3.57. The average Bonchev–Trinajstić information content (AvgIpc) is 2.68. The van der Waals surface area contributed by atoms with Gasteiger partial charge in [-0.2, -0.15) is 10.5 Å². The average molecular weight is 344 g/mol. The highest BCUT2D eigenvalue weighted by atomic mass is 16.1. The number of nitrogens with one attached hydrogen (secondary N) is 2. The molecule has 1 unspecified atom stereocenters. The lowest BCUT2D eigenvalue weighted by Gasteiger charge is -2.13. The molecule has 0 fully saturated rings. The van der Waals surface area contributed by atoms with Crippen molar-refractivity contribution in [1.29, 1.82) is 10.5 Å². The van der Waals surface area contributed by atoms with Crippen LogP contribution >= 0.6 is 0 Å². The van der Waals surface area contributed by atoms with Gasteiger partial charge in [0, 0.05) is 12.2 Å². The Labute approximate surface area is 153 Å². The molecule has 5 heteroatoms. The van der Waals surface area contributed by atoms with Crippen LogP contribution in [-0.4, -0.2) is 5.91 Å². The molecular weight excluding hydrogens is 324 g/mol. The molecule has 5 nitrogen and oxygen atoms in total. The van der Waals surface area contributed by atoms with Gasteiger partial charge in [0.05, 0.1) is 11.3 Å². The third-order valence-electron chi connectivity index (χ3n) is 4.03. The van der Waals surface area contributed by atoms with Crippen molar-refractivity contribution >= 4 is 11.6 Å². The zero-order chi connectivity index (χ0) is 18.9. The molecule has 0 aromatic heterocycles. The molecule has 0 bridgehead atoms. The Kier molecular flexibility index (Phi) is 6.53. The number of benzene rings is 2. The number of hydrogen-bond acceptors (Lipinski definition) is 4. The van der Waals surface area contributed by atoms with Crippen molar-refractivity contribution in [2.24, 2.45) is 0 Å². The number of anilines is 1. The van der Waals surface area contributed by atoms with Crippen molar-refractivity contribution in [3.63, 3.8) is 0 Å². The van der Waals surface area contributed by atoms with Gasteiger partial charge in [-0.05, 0) is 36.6 Å². The van der Waals surface area contributed by atoms with E-state index in [0.717, 1.165) is 12.0 Å². The molecule has 0 aliphatic rings. The molecule has 130 valence electrons. The number of nitrogens with zero attached hydrogens (tertiary/aromatic N) is 2. The van der Waals surface area contributed by atoms with Crippen LogP contribution in [0.15, 0.2) is 60.3 Å². The summed E-state index contributed by atoms with van der Waals surface area (Å²) in [6.45, 7) is 4.05. The zero-order valence-corrected chi connectivity index (χ0v) is 14.8. The summed E-state index contributed by atoms with van der Waals surface area (Å²) in [6.07, 6.45) is 2.38. The molecule has 0 radical (unpaired) electrons. The van der Waals surface area contributed by atoms with Crippen molar-refractivity contribution in [3.8, 4) is 12.1 Å². The van der Waals surface area contributed by atoms with Gasteiger partial charge in [-0.1, -0.05) is 43.3 Å². The largest absolute Gasteiger partial charge is 0.383 e. The first-order valence-electron chi connectivity index (χ1n) is 8.34. The van der Waals surface area contributed by atoms with Crippen LogP contribution in [0, 0.1) is 22.7 Å². The smallest absolute Gasteiger partial charge is 0.267 e. The van der Waals surface area contributed by atoms with Gasteiger partial charge >= 0.3 is 0 Å². The van der Waals surface area contributed by atoms with E-state index in [9.17, 15) is 10.1 Å². The van der Waals surface area contributed by atoms with Crippen LogP contribution in [-0.2, 0) is 11.2 Å². The van der Waals surface area contributed by atoms with E-state index in [1.165, 1.54) is 11.8 Å². The van der Waals surface area contributed by atoms with Crippen LogP contribution < -0.4 is 10.6 Å². The maximum atomic E-state index is 12.3. The van der Waals surface area contributed by atoms with Gasteiger partial charge in [-0.3, -0.25) is 4.79 Å². The second kappa shape index (κ2) is 9.05. The van der Waals surface area contributed by atoms with Crippen LogP contribution in [0.5, 0.6) is 0 Å². The minimum Gasteiger partial charge on any atom is -0.383 e. The second-order valence-electron chi connectivity index (χ2n) is 5.76. The molecule has 2 aromatic carbocycles. The van der Waals surface area contributed by atoms with Crippen LogP contribution in [0.1, 0.15) is 36.6 Å². The van der Waals surface area contributed by atoms with E-state index in [4.69, 9.17) is 5.26 Å². The topological polar surface area (TPSA) is 88.7 Å². The van der Waals surface area contributed by atoms with E-state index >= 15 is 0 Å². The van der Waals surface area contributed by atoms with Crippen LogP contribution in [0.25, 0.3) is 0 Å². The van der Waals surface area contributed by atoms with Crippen molar-refractivity contribution in [2.45, 2.75) is 26.3 Å². The summed E-state index contributed by atoms with van der Waals surface area (Å²) in [7, 11) is 0. The van der Waals surface area contributed by atoms with Crippen molar-refractivity contribution in [3.05, 3.63) is 77.0 Å². The predicted molar refractivity (Wildman–Crippen MR) is 101 cm³/mol. The lowest BCUT2D eigenvalue weighted by atomic mass is 10.1. The Balaban J connectivity index is 2.08. The second-order valence-corrected chi connectivity index (χ2v) is 5.76. The van der Waals surface area contributed by atoms with Crippen LogP contribution in [0.3, 0.4) is 0 Å². The lowest BCUT2D eigenvalue weighted by Crippen LogP contribution is -2.19. The third kappa shape index (κ3) is 4.72. The maximum Gasteiger partial charge on any atom is 0.267 e. The minimum absolute atomic E-state index is 0.0524. The molecule has 1 atom stereocenters. The monoisotopic (exact) mass is 344 g/mol. The number of carbonyl (C=O) groups is 1. The summed E-state index contributed by atoms with van der Waals surface area (Å²) in [4.78, 5) is 12.3. The summed E-state index contributed by atoms with van der Waals surface area (Å²) < 4.78 is 0. The van der Waals surface area contributed by atoms with E-state index in [1.54, 1.807) is 24.3 Å². The number of carbonyl (C=O) groups excluding carboxylic acids is 1. The number of hydrogen-bond donors (Lipinski definition) is 2. The quantitative estimate of drug-likeness (QED) is 0.616. The number of rotatable bonds is 6. The molecule has 0 aliphatic carbocycles. The van der Waals surface area contributed by atoms with Gasteiger partial charge in [-0.15, -0.1) is 0 Å². The fraction of sp³-hybridized carbons (Fsp3) is 0.190. The van der Waals surface area contributed by atoms with Gasteiger partial charge in [0.2, 0.25) is 0 Å². The maximum absolute atomic E-state index is 12.3. The molecule has 0 spiro atoms. The van der Waals surface area contributed by atoms with Crippen LogP contribution in [0.2, 0.25) is 0 Å². The van der Waals surface area contributed by atoms with E-state index in [1.807, 2.05) is 31.2 Å². The highest BCUT2D eigenvalue weighted by molar-refractivity contribution is 6.07.